The summed E-state index contributed by atoms with van der Waals surface area (Å²) in [5.41, 5.74) is 1.84. The van der Waals surface area contributed by atoms with Crippen molar-refractivity contribution in [2.45, 2.75) is 13.1 Å². The molecule has 0 aliphatic heterocycles. The van der Waals surface area contributed by atoms with Crippen LogP contribution in [0.3, 0.4) is 0 Å². The Kier molecular flexibility index (Phi) is 5.68. The van der Waals surface area contributed by atoms with E-state index in [1.165, 1.54) is 6.07 Å². The van der Waals surface area contributed by atoms with Crippen LogP contribution in [0.4, 0.5) is 9.18 Å². The van der Waals surface area contributed by atoms with Crippen LogP contribution in [0, 0.1) is 5.82 Å². The van der Waals surface area contributed by atoms with Crippen LogP contribution in [0.5, 0.6) is 0 Å². The van der Waals surface area contributed by atoms with Crippen LogP contribution in [0.2, 0.25) is 0 Å². The second-order valence-electron chi connectivity index (χ2n) is 4.90. The molecular weight excluding hydrogens is 297 g/mol. The number of hydrogen-bond acceptors (Lipinski definition) is 2. The molecule has 6 heteroatoms. The first kappa shape index (κ1) is 16.5. The van der Waals surface area contributed by atoms with E-state index in [0.29, 0.717) is 17.7 Å². The van der Waals surface area contributed by atoms with Gasteiger partial charge < -0.3 is 16.0 Å². The van der Waals surface area contributed by atoms with Crippen LogP contribution in [-0.4, -0.2) is 19.0 Å². The lowest BCUT2D eigenvalue weighted by atomic mass is 10.1. The van der Waals surface area contributed by atoms with Crippen molar-refractivity contribution in [3.05, 3.63) is 71.0 Å². The number of carbonyl (C=O) groups is 2. The van der Waals surface area contributed by atoms with Crippen molar-refractivity contribution in [3.8, 4) is 0 Å². The van der Waals surface area contributed by atoms with Gasteiger partial charge in [0, 0.05) is 31.3 Å². The summed E-state index contributed by atoms with van der Waals surface area (Å²) in [7, 11) is 1.57. The number of benzene rings is 2. The van der Waals surface area contributed by atoms with Crippen molar-refractivity contribution in [3.63, 3.8) is 0 Å². The topological polar surface area (TPSA) is 70.2 Å². The third-order valence-corrected chi connectivity index (χ3v) is 3.29. The molecule has 0 heterocycles. The van der Waals surface area contributed by atoms with Crippen molar-refractivity contribution in [1.82, 2.24) is 16.0 Å². The Morgan fingerprint density at radius 1 is 0.957 bits per heavy atom. The van der Waals surface area contributed by atoms with E-state index in [0.717, 1.165) is 5.56 Å². The highest BCUT2D eigenvalue weighted by atomic mass is 19.1. The first-order valence-corrected chi connectivity index (χ1v) is 7.16. The molecule has 0 aliphatic carbocycles. The van der Waals surface area contributed by atoms with Gasteiger partial charge in [-0.15, -0.1) is 0 Å². The van der Waals surface area contributed by atoms with E-state index in [9.17, 15) is 14.0 Å². The fourth-order valence-electron chi connectivity index (χ4n) is 1.98. The third kappa shape index (κ3) is 4.81. The van der Waals surface area contributed by atoms with Crippen molar-refractivity contribution in [2.24, 2.45) is 0 Å². The van der Waals surface area contributed by atoms with Crippen LogP contribution in [0.1, 0.15) is 21.5 Å². The Bertz CT molecular complexity index is 686. The van der Waals surface area contributed by atoms with E-state index in [-0.39, 0.29) is 24.3 Å². The van der Waals surface area contributed by atoms with Crippen LogP contribution in [0.25, 0.3) is 0 Å². The molecule has 5 nitrogen and oxygen atoms in total. The molecule has 0 atom stereocenters. The molecule has 0 saturated carbocycles. The van der Waals surface area contributed by atoms with Gasteiger partial charge in [-0.3, -0.25) is 4.79 Å². The predicted octanol–water partition coefficient (Wildman–Crippen LogP) is 2.18. The van der Waals surface area contributed by atoms with Gasteiger partial charge in [-0.2, -0.15) is 0 Å². The standard InChI is InChI=1S/C17H18FN3O2/c1-19-16(22)13-8-6-12(7-9-13)10-20-17(23)21-11-14-4-2-3-5-15(14)18/h2-9H,10-11H2,1H3,(H,19,22)(H2,20,21,23). The maximum Gasteiger partial charge on any atom is 0.315 e. The highest BCUT2D eigenvalue weighted by Gasteiger charge is 2.05. The maximum absolute atomic E-state index is 13.4. The Morgan fingerprint density at radius 2 is 1.61 bits per heavy atom. The van der Waals surface area contributed by atoms with Crippen LogP contribution >= 0.6 is 0 Å². The summed E-state index contributed by atoms with van der Waals surface area (Å²) in [6.07, 6.45) is 0. The number of rotatable bonds is 5. The van der Waals surface area contributed by atoms with Crippen molar-refractivity contribution in [2.75, 3.05) is 7.05 Å². The fourth-order valence-corrected chi connectivity index (χ4v) is 1.98. The van der Waals surface area contributed by atoms with E-state index in [4.69, 9.17) is 0 Å². The first-order valence-electron chi connectivity index (χ1n) is 7.16. The highest BCUT2D eigenvalue weighted by molar-refractivity contribution is 5.93. The minimum atomic E-state index is -0.386. The van der Waals surface area contributed by atoms with Gasteiger partial charge in [0.15, 0.2) is 0 Å². The number of halogens is 1. The van der Waals surface area contributed by atoms with Crippen molar-refractivity contribution < 1.29 is 14.0 Å². The minimum Gasteiger partial charge on any atom is -0.355 e. The van der Waals surface area contributed by atoms with Gasteiger partial charge in [0.25, 0.3) is 5.91 Å². The Morgan fingerprint density at radius 3 is 2.26 bits per heavy atom. The average molecular weight is 315 g/mol. The maximum atomic E-state index is 13.4. The van der Waals surface area contributed by atoms with Crippen LogP contribution in [0.15, 0.2) is 48.5 Å². The normalized spacial score (nSPS) is 10.0. The average Bonchev–Trinajstić information content (AvgIpc) is 2.59. The monoisotopic (exact) mass is 315 g/mol. The zero-order valence-corrected chi connectivity index (χ0v) is 12.7. The molecule has 0 fully saturated rings. The fraction of sp³-hybridized carbons (Fsp3) is 0.176. The molecule has 0 bridgehead atoms. The summed E-state index contributed by atoms with van der Waals surface area (Å²) in [4.78, 5) is 23.1. The number of amides is 3. The summed E-state index contributed by atoms with van der Waals surface area (Å²) in [5, 5.41) is 7.81. The molecule has 2 aromatic rings. The predicted molar refractivity (Wildman–Crippen MR) is 85.3 cm³/mol. The van der Waals surface area contributed by atoms with E-state index in [1.807, 2.05) is 0 Å². The summed E-state index contributed by atoms with van der Waals surface area (Å²) in [6, 6.07) is 12.8. The van der Waals surface area contributed by atoms with Gasteiger partial charge in [-0.05, 0) is 23.8 Å². The van der Waals surface area contributed by atoms with E-state index < -0.39 is 0 Å². The third-order valence-electron chi connectivity index (χ3n) is 3.29. The lowest BCUT2D eigenvalue weighted by molar-refractivity contribution is 0.0963. The van der Waals surface area contributed by atoms with Crippen molar-refractivity contribution in [1.29, 1.82) is 0 Å². The molecule has 2 aromatic carbocycles. The second-order valence-corrected chi connectivity index (χ2v) is 4.90. The molecule has 0 aromatic heterocycles. The summed E-state index contributed by atoms with van der Waals surface area (Å²) < 4.78 is 13.4. The summed E-state index contributed by atoms with van der Waals surface area (Å²) in [6.45, 7) is 0.436. The Hall–Kier alpha value is -2.89. The minimum absolute atomic E-state index is 0.119. The zero-order chi connectivity index (χ0) is 16.7. The lowest BCUT2D eigenvalue weighted by Crippen LogP contribution is -2.34. The molecule has 0 radical (unpaired) electrons. The number of urea groups is 1. The molecule has 3 N–H and O–H groups in total. The van der Waals surface area contributed by atoms with E-state index >= 15 is 0 Å². The first-order chi connectivity index (χ1) is 11.1. The van der Waals surface area contributed by atoms with E-state index in [1.54, 1.807) is 49.5 Å². The molecule has 0 saturated heterocycles. The molecule has 0 unspecified atom stereocenters. The highest BCUT2D eigenvalue weighted by Crippen LogP contribution is 2.06. The van der Waals surface area contributed by atoms with Gasteiger partial charge in [0.2, 0.25) is 0 Å². The van der Waals surface area contributed by atoms with E-state index in [2.05, 4.69) is 16.0 Å². The lowest BCUT2D eigenvalue weighted by Gasteiger charge is -2.09. The number of carbonyl (C=O) groups excluding carboxylic acids is 2. The molecule has 0 spiro atoms. The zero-order valence-electron chi connectivity index (χ0n) is 12.7. The SMILES string of the molecule is CNC(=O)c1ccc(CNC(=O)NCc2ccccc2F)cc1. The smallest absolute Gasteiger partial charge is 0.315 e. The van der Waals surface area contributed by atoms with Gasteiger partial charge in [-0.25, -0.2) is 9.18 Å². The molecule has 0 aliphatic rings. The largest absolute Gasteiger partial charge is 0.355 e. The molecule has 23 heavy (non-hydrogen) atoms. The van der Waals surface area contributed by atoms with Crippen LogP contribution < -0.4 is 16.0 Å². The van der Waals surface area contributed by atoms with Gasteiger partial charge in [-0.1, -0.05) is 30.3 Å². The number of hydrogen-bond donors (Lipinski definition) is 3. The Balaban J connectivity index is 1.80. The summed E-state index contributed by atoms with van der Waals surface area (Å²) in [5.74, 6) is -0.510. The number of nitrogens with one attached hydrogen (secondary N) is 3. The van der Waals surface area contributed by atoms with Crippen molar-refractivity contribution >= 4 is 11.9 Å². The Labute approximate surface area is 133 Å². The van der Waals surface area contributed by atoms with Crippen LogP contribution in [-0.2, 0) is 13.1 Å². The molecule has 2 rings (SSSR count). The van der Waals surface area contributed by atoms with Gasteiger partial charge >= 0.3 is 6.03 Å². The molecular formula is C17H18FN3O2. The molecule has 120 valence electrons. The van der Waals surface area contributed by atoms with Gasteiger partial charge in [0.1, 0.15) is 5.82 Å². The summed E-state index contributed by atoms with van der Waals surface area (Å²) >= 11 is 0. The molecule has 3 amide bonds. The van der Waals surface area contributed by atoms with Gasteiger partial charge in [0.05, 0.1) is 0 Å². The quantitative estimate of drug-likeness (QED) is 0.791. The second kappa shape index (κ2) is 7.93.